The van der Waals surface area contributed by atoms with E-state index in [0.717, 1.165) is 13.0 Å². The summed E-state index contributed by atoms with van der Waals surface area (Å²) in [6, 6.07) is 3.19. The lowest BCUT2D eigenvalue weighted by Crippen LogP contribution is -2.40. The van der Waals surface area contributed by atoms with E-state index in [-0.39, 0.29) is 24.0 Å². The van der Waals surface area contributed by atoms with Gasteiger partial charge in [-0.25, -0.2) is 0 Å². The highest BCUT2D eigenvalue weighted by Gasteiger charge is 2.09. The number of benzene rings is 1. The Labute approximate surface area is 185 Å². The van der Waals surface area contributed by atoms with E-state index in [9.17, 15) is 0 Å². The summed E-state index contributed by atoms with van der Waals surface area (Å²) in [6.45, 7) is 1.67. The molecule has 2 N–H and O–H groups in total. The van der Waals surface area contributed by atoms with Crippen LogP contribution in [0.3, 0.4) is 0 Å². The number of nitrogens with zero attached hydrogens (tertiary/aromatic N) is 3. The highest BCUT2D eigenvalue weighted by Crippen LogP contribution is 2.35. The van der Waals surface area contributed by atoms with Crippen LogP contribution in [0, 0.1) is 0 Å². The van der Waals surface area contributed by atoms with Crippen molar-refractivity contribution in [2.45, 2.75) is 6.42 Å². The number of aliphatic imine (C=N–C) groups is 1. The summed E-state index contributed by atoms with van der Waals surface area (Å²) >= 11 is 18.0. The second kappa shape index (κ2) is 11.7. The summed E-state index contributed by atoms with van der Waals surface area (Å²) in [5, 5.41) is 11.8. The molecular weight excluding hydrogens is 511 g/mol. The largest absolute Gasteiger partial charge is 0.489 e. The number of rotatable bonds is 7. The zero-order valence-corrected chi connectivity index (χ0v) is 19.0. The van der Waals surface area contributed by atoms with Crippen LogP contribution in [0.25, 0.3) is 0 Å². The number of hydrogen-bond donors (Lipinski definition) is 2. The average molecular weight is 533 g/mol. The Hall–Kier alpha value is -0.900. The predicted octanol–water partition coefficient (Wildman–Crippen LogP) is 3.78. The number of hydrogen-bond acceptors (Lipinski definition) is 3. The van der Waals surface area contributed by atoms with E-state index in [4.69, 9.17) is 39.5 Å². The van der Waals surface area contributed by atoms with E-state index >= 15 is 0 Å². The van der Waals surface area contributed by atoms with Gasteiger partial charge in [0.15, 0.2) is 11.7 Å². The molecule has 1 aromatic carbocycles. The summed E-state index contributed by atoms with van der Waals surface area (Å²) in [5.74, 6) is 1.12. The van der Waals surface area contributed by atoms with Crippen molar-refractivity contribution >= 4 is 64.7 Å². The van der Waals surface area contributed by atoms with Crippen LogP contribution in [0.15, 0.2) is 29.5 Å². The first-order valence-corrected chi connectivity index (χ1v) is 8.82. The minimum atomic E-state index is 0. The zero-order chi connectivity index (χ0) is 18.2. The third-order valence-electron chi connectivity index (χ3n) is 3.29. The molecule has 144 valence electrons. The Bertz CT molecular complexity index is 715. The normalized spacial score (nSPS) is 11.0. The average Bonchev–Trinajstić information content (AvgIpc) is 2.96. The van der Waals surface area contributed by atoms with E-state index in [1.165, 1.54) is 5.56 Å². The Balaban J connectivity index is 0.00000338. The first-order valence-electron chi connectivity index (χ1n) is 7.69. The maximum atomic E-state index is 6.07. The van der Waals surface area contributed by atoms with Crippen molar-refractivity contribution in [3.63, 3.8) is 0 Å². The van der Waals surface area contributed by atoms with Crippen molar-refractivity contribution in [2.75, 3.05) is 26.7 Å². The molecule has 0 aliphatic rings. The Morgan fingerprint density at radius 2 is 1.85 bits per heavy atom. The molecule has 0 bridgehead atoms. The molecule has 0 saturated carbocycles. The summed E-state index contributed by atoms with van der Waals surface area (Å²) in [6.07, 6.45) is 4.71. The van der Waals surface area contributed by atoms with Gasteiger partial charge in [0.05, 0.1) is 22.8 Å². The second-order valence-corrected chi connectivity index (χ2v) is 6.50. The molecule has 1 aromatic heterocycles. The van der Waals surface area contributed by atoms with Gasteiger partial charge in [0.1, 0.15) is 6.61 Å². The van der Waals surface area contributed by atoms with Crippen LogP contribution in [0.4, 0.5) is 0 Å². The highest BCUT2D eigenvalue weighted by atomic mass is 127. The highest BCUT2D eigenvalue weighted by molar-refractivity contribution is 14.0. The van der Waals surface area contributed by atoms with Crippen LogP contribution >= 0.6 is 58.8 Å². The number of ether oxygens (including phenoxy) is 1. The van der Waals surface area contributed by atoms with Crippen molar-refractivity contribution in [1.29, 1.82) is 0 Å². The molecule has 0 saturated heterocycles. The van der Waals surface area contributed by atoms with Crippen LogP contribution in [0.1, 0.15) is 5.56 Å². The molecule has 0 aliphatic carbocycles. The number of nitrogens with one attached hydrogen (secondary N) is 2. The van der Waals surface area contributed by atoms with Gasteiger partial charge in [-0.2, -0.15) is 5.10 Å². The molecule has 0 atom stereocenters. The molecule has 2 aromatic rings. The molecule has 6 nitrogen and oxygen atoms in total. The van der Waals surface area contributed by atoms with Crippen molar-refractivity contribution in [3.05, 3.63) is 45.2 Å². The minimum absolute atomic E-state index is 0. The molecule has 10 heteroatoms. The van der Waals surface area contributed by atoms with Gasteiger partial charge >= 0.3 is 0 Å². The van der Waals surface area contributed by atoms with Crippen LogP contribution in [0.2, 0.25) is 15.1 Å². The standard InChI is InChI=1S/C16H20Cl3N5O.HI/c1-20-16(21-4-3-11-9-23-24(2)10-11)22-5-6-25-15-13(18)7-12(17)8-14(15)19;/h7-10H,3-6H2,1-2H3,(H2,20,21,22);1H. The van der Waals surface area contributed by atoms with Gasteiger partial charge in [0.2, 0.25) is 0 Å². The van der Waals surface area contributed by atoms with E-state index in [1.54, 1.807) is 23.9 Å². The predicted molar refractivity (Wildman–Crippen MR) is 119 cm³/mol. The smallest absolute Gasteiger partial charge is 0.191 e. The minimum Gasteiger partial charge on any atom is -0.489 e. The molecule has 0 spiro atoms. The van der Waals surface area contributed by atoms with Crippen LogP contribution in [0.5, 0.6) is 5.75 Å². The summed E-state index contributed by atoms with van der Waals surface area (Å²) in [7, 11) is 3.61. The maximum Gasteiger partial charge on any atom is 0.191 e. The van der Waals surface area contributed by atoms with Crippen molar-refractivity contribution in [2.24, 2.45) is 12.0 Å². The summed E-state index contributed by atoms with van der Waals surface area (Å²) in [5.41, 5.74) is 1.17. The first-order chi connectivity index (χ1) is 12.0. The van der Waals surface area contributed by atoms with Gasteiger partial charge < -0.3 is 15.4 Å². The van der Waals surface area contributed by atoms with Crippen LogP contribution in [-0.2, 0) is 13.5 Å². The molecule has 0 amide bonds. The number of guanidine groups is 1. The van der Waals surface area contributed by atoms with Gasteiger partial charge in [-0.15, -0.1) is 24.0 Å². The molecule has 0 aliphatic heterocycles. The SMILES string of the molecule is CN=C(NCCOc1c(Cl)cc(Cl)cc1Cl)NCCc1cnn(C)c1.I. The zero-order valence-electron chi connectivity index (χ0n) is 14.4. The topological polar surface area (TPSA) is 63.5 Å². The van der Waals surface area contributed by atoms with Crippen LogP contribution < -0.4 is 15.4 Å². The molecule has 0 unspecified atom stereocenters. The van der Waals surface area contributed by atoms with Gasteiger partial charge in [-0.3, -0.25) is 9.67 Å². The van der Waals surface area contributed by atoms with Crippen molar-refractivity contribution in [1.82, 2.24) is 20.4 Å². The van der Waals surface area contributed by atoms with Gasteiger partial charge in [0.25, 0.3) is 0 Å². The Morgan fingerprint density at radius 1 is 1.19 bits per heavy atom. The quantitative estimate of drug-likeness (QED) is 0.247. The van der Waals surface area contributed by atoms with E-state index in [0.29, 0.717) is 39.9 Å². The third kappa shape index (κ3) is 7.38. The van der Waals surface area contributed by atoms with Gasteiger partial charge in [-0.1, -0.05) is 34.8 Å². The maximum absolute atomic E-state index is 6.07. The monoisotopic (exact) mass is 531 g/mol. The number of aryl methyl sites for hydroxylation is 1. The molecular formula is C16H21Cl3IN5O. The lowest BCUT2D eigenvalue weighted by molar-refractivity contribution is 0.322. The molecule has 1 heterocycles. The van der Waals surface area contributed by atoms with E-state index in [1.807, 2.05) is 19.4 Å². The first kappa shape index (κ1) is 23.1. The lowest BCUT2D eigenvalue weighted by atomic mass is 10.2. The number of halogens is 4. The lowest BCUT2D eigenvalue weighted by Gasteiger charge is -2.13. The van der Waals surface area contributed by atoms with Gasteiger partial charge in [-0.05, 0) is 24.1 Å². The fraction of sp³-hybridized carbons (Fsp3) is 0.375. The molecule has 26 heavy (non-hydrogen) atoms. The van der Waals surface area contributed by atoms with Gasteiger partial charge in [0, 0.05) is 31.9 Å². The van der Waals surface area contributed by atoms with Crippen LogP contribution in [-0.4, -0.2) is 42.5 Å². The Morgan fingerprint density at radius 3 is 2.42 bits per heavy atom. The number of aromatic nitrogens is 2. The fourth-order valence-electron chi connectivity index (χ4n) is 2.14. The Kier molecular flexibility index (Phi) is 10.4. The third-order valence-corrected chi connectivity index (χ3v) is 4.07. The van der Waals surface area contributed by atoms with Crippen molar-refractivity contribution < 1.29 is 4.74 Å². The summed E-state index contributed by atoms with van der Waals surface area (Å²) in [4.78, 5) is 4.16. The van der Waals surface area contributed by atoms with Crippen molar-refractivity contribution in [3.8, 4) is 5.75 Å². The molecule has 2 rings (SSSR count). The van der Waals surface area contributed by atoms with E-state index < -0.39 is 0 Å². The second-order valence-electron chi connectivity index (χ2n) is 5.25. The molecule has 0 radical (unpaired) electrons. The molecule has 0 fully saturated rings. The van der Waals surface area contributed by atoms with E-state index in [2.05, 4.69) is 20.7 Å². The fourth-order valence-corrected chi connectivity index (χ4v) is 3.06. The summed E-state index contributed by atoms with van der Waals surface area (Å²) < 4.78 is 7.40.